The van der Waals surface area contributed by atoms with Gasteiger partial charge in [-0.3, -0.25) is 0 Å². The van der Waals surface area contributed by atoms with Gasteiger partial charge >= 0.3 is 0 Å². The number of hydrogen-bond acceptors (Lipinski definition) is 4. The van der Waals surface area contributed by atoms with Gasteiger partial charge in [-0.15, -0.1) is 11.3 Å². The van der Waals surface area contributed by atoms with E-state index in [4.69, 9.17) is 0 Å². The zero-order chi connectivity index (χ0) is 12.0. The summed E-state index contributed by atoms with van der Waals surface area (Å²) in [4.78, 5) is 6.88. The molecule has 0 saturated heterocycles. The number of aryl methyl sites for hydroxylation is 1. The Hall–Kier alpha value is -0.450. The normalized spacial score (nSPS) is 13.3. The standard InChI is InChI=1S/C12H23N3S/c1-5-15(6-2)8-10(3)13-7-12-9-16-11(4)14-12/h9-10,13H,5-8H2,1-4H3. The highest BCUT2D eigenvalue weighted by Crippen LogP contribution is 2.07. The third-order valence-electron chi connectivity index (χ3n) is 2.72. The van der Waals surface area contributed by atoms with Crippen molar-refractivity contribution in [2.45, 2.75) is 40.3 Å². The van der Waals surface area contributed by atoms with Gasteiger partial charge in [0.05, 0.1) is 10.7 Å². The van der Waals surface area contributed by atoms with Gasteiger partial charge in [0.2, 0.25) is 0 Å². The Kier molecular flexibility index (Phi) is 5.95. The lowest BCUT2D eigenvalue weighted by Crippen LogP contribution is -2.38. The Morgan fingerprint density at radius 2 is 2.12 bits per heavy atom. The fourth-order valence-electron chi connectivity index (χ4n) is 1.70. The van der Waals surface area contributed by atoms with Crippen LogP contribution in [0.4, 0.5) is 0 Å². The minimum absolute atomic E-state index is 0.516. The van der Waals surface area contributed by atoms with Crippen LogP contribution in [-0.4, -0.2) is 35.6 Å². The second-order valence-electron chi connectivity index (χ2n) is 4.13. The maximum Gasteiger partial charge on any atom is 0.0897 e. The van der Waals surface area contributed by atoms with E-state index in [1.165, 1.54) is 0 Å². The van der Waals surface area contributed by atoms with Gasteiger partial charge in [-0.1, -0.05) is 13.8 Å². The molecule has 0 amide bonds. The highest BCUT2D eigenvalue weighted by Gasteiger charge is 2.07. The van der Waals surface area contributed by atoms with Gasteiger partial charge in [0.15, 0.2) is 0 Å². The second kappa shape index (κ2) is 6.99. The summed E-state index contributed by atoms with van der Waals surface area (Å²) in [5.41, 5.74) is 1.16. The van der Waals surface area contributed by atoms with Crippen LogP contribution in [0.5, 0.6) is 0 Å². The molecule has 0 fully saturated rings. The summed E-state index contributed by atoms with van der Waals surface area (Å²) in [6, 6.07) is 0.516. The van der Waals surface area contributed by atoms with Crippen molar-refractivity contribution in [3.8, 4) is 0 Å². The molecule has 1 N–H and O–H groups in total. The van der Waals surface area contributed by atoms with E-state index in [2.05, 4.69) is 41.4 Å². The van der Waals surface area contributed by atoms with Crippen LogP contribution >= 0.6 is 11.3 Å². The average molecular weight is 241 g/mol. The van der Waals surface area contributed by atoms with Crippen molar-refractivity contribution in [1.82, 2.24) is 15.2 Å². The lowest BCUT2D eigenvalue weighted by Gasteiger charge is -2.23. The number of nitrogens with zero attached hydrogens (tertiary/aromatic N) is 2. The molecule has 1 aromatic rings. The molecule has 4 heteroatoms. The van der Waals surface area contributed by atoms with E-state index >= 15 is 0 Å². The molecule has 0 radical (unpaired) electrons. The first-order chi connectivity index (χ1) is 7.65. The second-order valence-corrected chi connectivity index (χ2v) is 5.19. The molecule has 16 heavy (non-hydrogen) atoms. The molecule has 0 saturated carbocycles. The summed E-state index contributed by atoms with van der Waals surface area (Å²) in [6.45, 7) is 12.9. The average Bonchev–Trinajstić information content (AvgIpc) is 2.69. The van der Waals surface area contributed by atoms with Gasteiger partial charge in [-0.05, 0) is 26.9 Å². The molecule has 1 unspecified atom stereocenters. The van der Waals surface area contributed by atoms with Gasteiger partial charge in [0.1, 0.15) is 0 Å². The van der Waals surface area contributed by atoms with Crippen LogP contribution in [0, 0.1) is 6.92 Å². The fraction of sp³-hybridized carbons (Fsp3) is 0.750. The summed E-state index contributed by atoms with van der Waals surface area (Å²) < 4.78 is 0. The van der Waals surface area contributed by atoms with Gasteiger partial charge in [-0.25, -0.2) is 4.98 Å². The van der Waals surface area contributed by atoms with Crippen LogP contribution in [0.1, 0.15) is 31.5 Å². The fourth-order valence-corrected chi connectivity index (χ4v) is 2.31. The summed E-state index contributed by atoms with van der Waals surface area (Å²) in [5, 5.41) is 6.79. The summed E-state index contributed by atoms with van der Waals surface area (Å²) in [7, 11) is 0. The zero-order valence-electron chi connectivity index (χ0n) is 10.8. The molecular weight excluding hydrogens is 218 g/mol. The van der Waals surface area contributed by atoms with Crippen LogP contribution in [0.15, 0.2) is 5.38 Å². The lowest BCUT2D eigenvalue weighted by molar-refractivity contribution is 0.270. The van der Waals surface area contributed by atoms with Crippen molar-refractivity contribution >= 4 is 11.3 Å². The van der Waals surface area contributed by atoms with Gasteiger partial charge in [-0.2, -0.15) is 0 Å². The van der Waals surface area contributed by atoms with E-state index in [1.807, 2.05) is 6.92 Å². The first-order valence-electron chi connectivity index (χ1n) is 6.02. The SMILES string of the molecule is CCN(CC)CC(C)NCc1csc(C)n1. The molecule has 0 bridgehead atoms. The van der Waals surface area contributed by atoms with E-state index in [0.717, 1.165) is 36.9 Å². The van der Waals surface area contributed by atoms with Gasteiger partial charge in [0.25, 0.3) is 0 Å². The first kappa shape index (κ1) is 13.6. The molecule has 0 aliphatic rings. The van der Waals surface area contributed by atoms with E-state index < -0.39 is 0 Å². The lowest BCUT2D eigenvalue weighted by atomic mass is 10.3. The molecule has 1 rings (SSSR count). The quantitative estimate of drug-likeness (QED) is 0.794. The maximum atomic E-state index is 4.44. The third kappa shape index (κ3) is 4.60. The maximum absolute atomic E-state index is 4.44. The van der Waals surface area contributed by atoms with Crippen LogP contribution in [0.25, 0.3) is 0 Å². The Labute approximate surface area is 103 Å². The molecule has 1 atom stereocenters. The van der Waals surface area contributed by atoms with Crippen molar-refractivity contribution in [3.05, 3.63) is 16.1 Å². The van der Waals surface area contributed by atoms with Crippen LogP contribution in [-0.2, 0) is 6.54 Å². The predicted octanol–water partition coefficient (Wildman–Crippen LogP) is 2.27. The van der Waals surface area contributed by atoms with Crippen molar-refractivity contribution in [1.29, 1.82) is 0 Å². The minimum Gasteiger partial charge on any atom is -0.307 e. The van der Waals surface area contributed by atoms with E-state index in [0.29, 0.717) is 6.04 Å². The molecule has 1 heterocycles. The molecule has 0 aromatic carbocycles. The van der Waals surface area contributed by atoms with Crippen LogP contribution in [0.3, 0.4) is 0 Å². The van der Waals surface area contributed by atoms with Crippen molar-refractivity contribution in [2.24, 2.45) is 0 Å². The Balaban J connectivity index is 2.26. The van der Waals surface area contributed by atoms with E-state index in [1.54, 1.807) is 11.3 Å². The minimum atomic E-state index is 0.516. The number of likely N-dealkylation sites (N-methyl/N-ethyl adjacent to an activating group) is 1. The number of thiazole rings is 1. The molecule has 1 aromatic heterocycles. The number of hydrogen-bond donors (Lipinski definition) is 1. The van der Waals surface area contributed by atoms with E-state index in [-0.39, 0.29) is 0 Å². The summed E-state index contributed by atoms with van der Waals surface area (Å²) in [5.74, 6) is 0. The monoisotopic (exact) mass is 241 g/mol. The zero-order valence-corrected chi connectivity index (χ0v) is 11.6. The highest BCUT2D eigenvalue weighted by molar-refractivity contribution is 7.09. The largest absolute Gasteiger partial charge is 0.307 e. The van der Waals surface area contributed by atoms with Crippen molar-refractivity contribution in [3.63, 3.8) is 0 Å². The van der Waals surface area contributed by atoms with Crippen LogP contribution in [0.2, 0.25) is 0 Å². The first-order valence-corrected chi connectivity index (χ1v) is 6.90. The Morgan fingerprint density at radius 1 is 1.44 bits per heavy atom. The number of aromatic nitrogens is 1. The van der Waals surface area contributed by atoms with Gasteiger partial charge < -0.3 is 10.2 Å². The summed E-state index contributed by atoms with van der Waals surface area (Å²) in [6.07, 6.45) is 0. The highest BCUT2D eigenvalue weighted by atomic mass is 32.1. The molecule has 3 nitrogen and oxygen atoms in total. The summed E-state index contributed by atoms with van der Waals surface area (Å²) >= 11 is 1.72. The Bertz CT molecular complexity index is 294. The third-order valence-corrected chi connectivity index (χ3v) is 3.55. The number of rotatable bonds is 7. The van der Waals surface area contributed by atoms with Crippen LogP contribution < -0.4 is 5.32 Å². The van der Waals surface area contributed by atoms with E-state index in [9.17, 15) is 0 Å². The molecule has 0 aliphatic heterocycles. The molecular formula is C12H23N3S. The van der Waals surface area contributed by atoms with Gasteiger partial charge in [0, 0.05) is 24.5 Å². The molecule has 92 valence electrons. The molecule has 0 aliphatic carbocycles. The molecule has 0 spiro atoms. The smallest absolute Gasteiger partial charge is 0.0897 e. The Morgan fingerprint density at radius 3 is 2.62 bits per heavy atom. The van der Waals surface area contributed by atoms with Crippen molar-refractivity contribution in [2.75, 3.05) is 19.6 Å². The number of nitrogens with one attached hydrogen (secondary N) is 1. The van der Waals surface area contributed by atoms with Crippen molar-refractivity contribution < 1.29 is 0 Å². The predicted molar refractivity (Wildman–Crippen MR) is 70.9 cm³/mol. The topological polar surface area (TPSA) is 28.2 Å².